The minimum Gasteiger partial charge on any atom is -0.481 e. The van der Waals surface area contributed by atoms with Crippen LogP contribution in [0.15, 0.2) is 146 Å². The summed E-state index contributed by atoms with van der Waals surface area (Å²) in [4.78, 5) is 68.4. The fourth-order valence-corrected chi connectivity index (χ4v) is 7.50. The van der Waals surface area contributed by atoms with Gasteiger partial charge in [-0.1, -0.05) is 131 Å². The van der Waals surface area contributed by atoms with Crippen molar-refractivity contribution in [2.45, 2.75) is 85.3 Å². The van der Waals surface area contributed by atoms with Crippen LogP contribution in [0.2, 0.25) is 0 Å². The van der Waals surface area contributed by atoms with Crippen molar-refractivity contribution in [2.24, 2.45) is 0 Å². The van der Waals surface area contributed by atoms with Crippen LogP contribution in [0.3, 0.4) is 0 Å². The zero-order valence-corrected chi connectivity index (χ0v) is 47.3. The first kappa shape index (κ1) is 66.4. The molecule has 18 nitrogen and oxygen atoms in total. The van der Waals surface area contributed by atoms with E-state index in [1.807, 2.05) is 36.4 Å². The number of esters is 1. The average molecular weight is 1200 g/mol. The Balaban J connectivity index is 0.000000294. The number of aliphatic hydroxyl groups is 3. The predicted octanol–water partition coefficient (Wildman–Crippen LogP) is 10.8. The zero-order chi connectivity index (χ0) is 60.6. The topological polar surface area (TPSA) is 278 Å². The molecule has 6 aromatic rings. The number of carboxylic acids is 1. The number of nitrogens with zero attached hydrogens (tertiary/aromatic N) is 2. The standard InChI is InChI=1S/C29H29Cl2FN2O7.C16H15FO2.C12H14Cl2N2O5/c1-28(2,20-11-14-22(23(32)15-20)18-7-5-4-6-8-18)27(37)41-17-40-16-24(33-26(36)29(3,30)31)25(35)19-9-12-21(13-10-19)34(38)39;1-16(2,15(18)19)12-8-9-13(14(17)10-12)11-6-4-3-5-7-11;1-12(13,14)11(19)15-9(6-17)10(18)7-2-4-8(5-3-7)16(20)21/h4-15,24-25,35H,16-17H2,1-3H3,(H,33,36);3-10H,1-2H3,(H,18,19);2-5,9-10,17-18H,6H2,1H3,(H,15,19)/t24-,25-;;9-,10-/m1.1/s1. The number of nitrogens with one attached hydrogen (secondary N) is 2. The van der Waals surface area contributed by atoms with Gasteiger partial charge in [-0.25, -0.2) is 8.78 Å². The smallest absolute Gasteiger partial charge is 0.318 e. The van der Waals surface area contributed by atoms with Crippen molar-refractivity contribution in [2.75, 3.05) is 20.0 Å². The molecule has 0 bridgehead atoms. The molecule has 0 radical (unpaired) electrons. The summed E-state index contributed by atoms with van der Waals surface area (Å²) in [6.07, 6.45) is -2.65. The summed E-state index contributed by atoms with van der Waals surface area (Å²) in [6.45, 7) is 7.31. The third-order valence-corrected chi connectivity index (χ3v) is 13.1. The van der Waals surface area contributed by atoms with Crippen LogP contribution in [0.25, 0.3) is 22.3 Å². The van der Waals surface area contributed by atoms with Crippen molar-refractivity contribution in [1.82, 2.24) is 10.6 Å². The maximum Gasteiger partial charge on any atom is 0.318 e. The highest BCUT2D eigenvalue weighted by molar-refractivity contribution is 6.58. The Kier molecular flexibility index (Phi) is 23.8. The number of amides is 2. The number of hydrogen-bond acceptors (Lipinski definition) is 13. The van der Waals surface area contributed by atoms with Crippen LogP contribution in [-0.4, -0.2) is 94.8 Å². The molecule has 432 valence electrons. The molecule has 2 amide bonds. The van der Waals surface area contributed by atoms with Crippen LogP contribution in [0.4, 0.5) is 20.2 Å². The van der Waals surface area contributed by atoms with Crippen LogP contribution in [0.1, 0.15) is 76.0 Å². The highest BCUT2D eigenvalue weighted by Crippen LogP contribution is 2.33. The van der Waals surface area contributed by atoms with Crippen LogP contribution in [-0.2, 0) is 39.5 Å². The summed E-state index contributed by atoms with van der Waals surface area (Å²) < 4.78 is 36.2. The molecule has 6 aromatic carbocycles. The van der Waals surface area contributed by atoms with Gasteiger partial charge in [-0.05, 0) is 111 Å². The van der Waals surface area contributed by atoms with E-state index >= 15 is 0 Å². The number of rotatable bonds is 21. The molecular weight excluding hydrogens is 1140 g/mol. The molecule has 0 spiro atoms. The van der Waals surface area contributed by atoms with Gasteiger partial charge in [-0.3, -0.25) is 39.4 Å². The van der Waals surface area contributed by atoms with E-state index < -0.39 is 102 Å². The molecule has 0 unspecified atom stereocenters. The molecule has 81 heavy (non-hydrogen) atoms. The summed E-state index contributed by atoms with van der Waals surface area (Å²) in [6, 6.07) is 35.3. The van der Waals surface area contributed by atoms with Crippen LogP contribution in [0, 0.1) is 31.9 Å². The van der Waals surface area contributed by atoms with E-state index in [0.717, 1.165) is 5.56 Å². The van der Waals surface area contributed by atoms with Gasteiger partial charge < -0.3 is 40.5 Å². The number of halogens is 6. The Bertz CT molecular complexity index is 3130. The summed E-state index contributed by atoms with van der Waals surface area (Å²) in [5, 5.41) is 65.6. The molecule has 0 fully saturated rings. The fourth-order valence-electron chi connectivity index (χ4n) is 7.28. The van der Waals surface area contributed by atoms with Crippen molar-refractivity contribution < 1.29 is 67.7 Å². The van der Waals surface area contributed by atoms with Gasteiger partial charge in [-0.15, -0.1) is 0 Å². The summed E-state index contributed by atoms with van der Waals surface area (Å²) in [7, 11) is 0. The Hall–Kier alpha value is -7.14. The first-order chi connectivity index (χ1) is 37.8. The highest BCUT2D eigenvalue weighted by atomic mass is 35.5. The second-order valence-electron chi connectivity index (χ2n) is 19.3. The first-order valence-electron chi connectivity index (χ1n) is 24.3. The number of aliphatic hydroxyl groups excluding tert-OH is 3. The molecule has 0 saturated carbocycles. The molecule has 24 heteroatoms. The first-order valence-corrected chi connectivity index (χ1v) is 25.8. The molecule has 0 aromatic heterocycles. The van der Waals surface area contributed by atoms with Crippen LogP contribution in [0.5, 0.6) is 0 Å². The largest absolute Gasteiger partial charge is 0.481 e. The molecule has 0 aliphatic heterocycles. The lowest BCUT2D eigenvalue weighted by molar-refractivity contribution is -0.385. The third kappa shape index (κ3) is 18.7. The Morgan fingerprint density at radius 3 is 1.30 bits per heavy atom. The molecule has 0 aliphatic carbocycles. The molecule has 0 heterocycles. The van der Waals surface area contributed by atoms with Gasteiger partial charge in [0.1, 0.15) is 23.8 Å². The quantitative estimate of drug-likeness (QED) is 0.00977. The van der Waals surface area contributed by atoms with E-state index in [-0.39, 0.29) is 23.5 Å². The van der Waals surface area contributed by atoms with Crippen LogP contribution >= 0.6 is 46.4 Å². The van der Waals surface area contributed by atoms with Gasteiger partial charge in [-0.2, -0.15) is 0 Å². The SMILES string of the molecule is CC(C)(C(=O)O)c1ccc(-c2ccccc2)c(F)c1.CC(Cl)(Cl)C(=O)N[C@H](CO)[C@H](O)c1ccc([N+](=O)[O-])cc1.CC(Cl)(Cl)C(=O)N[C@H](COCOC(=O)C(C)(C)c1ccc(-c2ccccc2)c(F)c1)[C@H](O)c1ccc([N+](=O)[O-])cc1. The van der Waals surface area contributed by atoms with E-state index in [1.54, 1.807) is 76.2 Å². The number of benzene rings is 6. The third-order valence-electron chi connectivity index (χ3n) is 12.4. The number of hydrogen-bond donors (Lipinski definition) is 6. The lowest BCUT2D eigenvalue weighted by Gasteiger charge is -2.27. The van der Waals surface area contributed by atoms with E-state index in [2.05, 4.69) is 10.6 Å². The lowest BCUT2D eigenvalue weighted by Crippen LogP contribution is -2.48. The minimum absolute atomic E-state index is 0.135. The Labute approximate surface area is 484 Å². The lowest BCUT2D eigenvalue weighted by atomic mass is 9.84. The molecule has 0 aliphatic rings. The van der Waals surface area contributed by atoms with Crippen molar-refractivity contribution in [1.29, 1.82) is 0 Å². The number of aliphatic carboxylic acids is 1. The van der Waals surface area contributed by atoms with Gasteiger partial charge >= 0.3 is 11.9 Å². The maximum absolute atomic E-state index is 14.9. The summed E-state index contributed by atoms with van der Waals surface area (Å²) in [5.41, 5.74) is 1.09. The molecule has 4 atom stereocenters. The van der Waals surface area contributed by atoms with E-state index in [0.29, 0.717) is 33.4 Å². The van der Waals surface area contributed by atoms with Gasteiger partial charge in [0.25, 0.3) is 23.2 Å². The average Bonchev–Trinajstić information content (AvgIpc) is 3.42. The van der Waals surface area contributed by atoms with Crippen molar-refractivity contribution in [3.8, 4) is 22.3 Å². The zero-order valence-electron chi connectivity index (χ0n) is 44.3. The Morgan fingerprint density at radius 2 is 0.951 bits per heavy atom. The fraction of sp³-hybridized carbons (Fsp3) is 0.298. The minimum atomic E-state index is -1.82. The second kappa shape index (κ2) is 29.0. The number of nitro benzene ring substituents is 2. The van der Waals surface area contributed by atoms with E-state index in [4.69, 9.17) is 61.0 Å². The number of nitro groups is 2. The predicted molar refractivity (Wildman–Crippen MR) is 302 cm³/mol. The maximum atomic E-state index is 14.9. The van der Waals surface area contributed by atoms with E-state index in [9.17, 15) is 63.5 Å². The highest BCUT2D eigenvalue weighted by Gasteiger charge is 2.36. The molecular formula is C57H58Cl4F2N4O14. The number of non-ortho nitro benzene ring substituents is 2. The van der Waals surface area contributed by atoms with E-state index in [1.165, 1.54) is 74.5 Å². The number of ether oxygens (including phenoxy) is 2. The Morgan fingerprint density at radius 1 is 0.580 bits per heavy atom. The van der Waals surface area contributed by atoms with Crippen molar-refractivity contribution in [3.05, 3.63) is 200 Å². The summed E-state index contributed by atoms with van der Waals surface area (Å²) in [5.74, 6) is -4.16. The number of alkyl halides is 4. The number of carbonyl (C=O) groups excluding carboxylic acids is 3. The number of carboxylic acid groups (broad SMARTS) is 1. The normalized spacial score (nSPS) is 13.1. The monoisotopic (exact) mass is 1200 g/mol. The molecule has 6 rings (SSSR count). The van der Waals surface area contributed by atoms with Gasteiger partial charge in [0.15, 0.2) is 15.5 Å². The second-order valence-corrected chi connectivity index (χ2v) is 22.7. The van der Waals surface area contributed by atoms with Gasteiger partial charge in [0.05, 0.1) is 46.0 Å². The number of carbonyl (C=O) groups is 4. The van der Waals surface area contributed by atoms with Crippen LogP contribution < -0.4 is 10.6 Å². The van der Waals surface area contributed by atoms with Crippen molar-refractivity contribution in [3.63, 3.8) is 0 Å². The van der Waals surface area contributed by atoms with Gasteiger partial charge in [0.2, 0.25) is 0 Å². The van der Waals surface area contributed by atoms with Crippen molar-refractivity contribution >= 4 is 81.5 Å². The van der Waals surface area contributed by atoms with Gasteiger partial charge in [0, 0.05) is 35.4 Å². The molecule has 6 N–H and O–H groups in total. The molecule has 0 saturated heterocycles. The summed E-state index contributed by atoms with van der Waals surface area (Å²) >= 11 is 22.9.